The number of rotatable bonds is 4. The van der Waals surface area contributed by atoms with E-state index in [1.807, 2.05) is 36.4 Å². The van der Waals surface area contributed by atoms with Crippen LogP contribution in [-0.4, -0.2) is 22.6 Å². The third kappa shape index (κ3) is 3.78. The van der Waals surface area contributed by atoms with Crippen molar-refractivity contribution in [3.05, 3.63) is 81.9 Å². The van der Waals surface area contributed by atoms with Gasteiger partial charge in [0.05, 0.1) is 11.4 Å². The molecule has 3 aromatic rings. The van der Waals surface area contributed by atoms with Gasteiger partial charge in [-0.25, -0.2) is 0 Å². The first-order valence-electron chi connectivity index (χ1n) is 12.5. The topological polar surface area (TPSA) is 65.2 Å². The van der Waals surface area contributed by atoms with E-state index in [1.165, 1.54) is 60.8 Å². The number of aromatic hydroxyl groups is 2. The molecule has 180 valence electrons. The van der Waals surface area contributed by atoms with Crippen molar-refractivity contribution < 1.29 is 31.3 Å². The number of phenolic OH excluding ortho intramolecular Hbond substituents is 2. The number of para-hydroxylation sites is 2. The molecule has 0 aliphatic heterocycles. The Morgan fingerprint density at radius 3 is 1.37 bits per heavy atom. The average molecular weight is 644 g/mol. The largest absolute Gasteiger partial charge is 0.507 e. The molecule has 4 aliphatic carbocycles. The molecule has 5 heteroatoms. The first kappa shape index (κ1) is 22.7. The van der Waals surface area contributed by atoms with Crippen LogP contribution in [-0.2, 0) is 21.1 Å². The molecule has 0 heterocycles. The predicted molar refractivity (Wildman–Crippen MR) is 136 cm³/mol. The molecule has 4 atom stereocenters. The normalized spacial score (nSPS) is 25.4. The van der Waals surface area contributed by atoms with Gasteiger partial charge in [-0.3, -0.25) is 9.98 Å². The summed E-state index contributed by atoms with van der Waals surface area (Å²) in [5.41, 5.74) is 8.44. The van der Waals surface area contributed by atoms with Gasteiger partial charge in [0.25, 0.3) is 0 Å². The maximum absolute atomic E-state index is 10.6. The molecule has 4 unspecified atom stereocenters. The van der Waals surface area contributed by atoms with Crippen molar-refractivity contribution >= 4 is 23.8 Å². The van der Waals surface area contributed by atoms with Gasteiger partial charge in [0.2, 0.25) is 0 Å². The van der Waals surface area contributed by atoms with Crippen molar-refractivity contribution in [2.24, 2.45) is 9.98 Å². The van der Waals surface area contributed by atoms with Gasteiger partial charge >= 0.3 is 0 Å². The van der Waals surface area contributed by atoms with Gasteiger partial charge in [-0.15, -0.1) is 0 Å². The Kier molecular flexibility index (Phi) is 5.68. The van der Waals surface area contributed by atoms with Crippen LogP contribution in [0.1, 0.15) is 95.6 Å². The molecule has 0 saturated heterocycles. The van der Waals surface area contributed by atoms with Crippen LogP contribution in [0.15, 0.2) is 58.5 Å². The summed E-state index contributed by atoms with van der Waals surface area (Å²) in [6.45, 7) is 0. The number of hydrogen-bond donors (Lipinski definition) is 2. The van der Waals surface area contributed by atoms with E-state index in [0.29, 0.717) is 35.2 Å². The van der Waals surface area contributed by atoms with E-state index >= 15 is 0 Å². The number of phenols is 2. The van der Waals surface area contributed by atoms with Gasteiger partial charge in [0.1, 0.15) is 11.5 Å². The van der Waals surface area contributed by atoms with Gasteiger partial charge in [-0.05, 0) is 121 Å². The Bertz CT molecular complexity index is 1270. The number of benzene rings is 3. The molecule has 3 aromatic carbocycles. The van der Waals surface area contributed by atoms with Crippen molar-refractivity contribution in [3.63, 3.8) is 0 Å². The van der Waals surface area contributed by atoms with Crippen LogP contribution in [0.3, 0.4) is 0 Å². The van der Waals surface area contributed by atoms with Gasteiger partial charge in [0, 0.05) is 44.6 Å². The van der Waals surface area contributed by atoms with Gasteiger partial charge in [-0.2, -0.15) is 0 Å². The maximum atomic E-state index is 10.6. The summed E-state index contributed by atoms with van der Waals surface area (Å²) in [5, 5.41) is 21.2. The Morgan fingerprint density at radius 1 is 0.600 bits per heavy atom. The minimum atomic E-state index is 0. The first-order valence-corrected chi connectivity index (χ1v) is 12.5. The quantitative estimate of drug-likeness (QED) is 0.293. The van der Waals surface area contributed by atoms with E-state index in [0.717, 1.165) is 22.5 Å². The standard InChI is InChI=1S/C30H28N2O2.Pt/c33-29-13-25-19-7-5-17(9-19)23(25)11-21(29)15-31-27-3-1-2-4-28(27)32-16-22-12-24-18-6-8-20(10-18)26(24)14-30(22)34;/h1-4,11-20,33-34H,5-10H2;. The second-order valence-electron chi connectivity index (χ2n) is 10.5. The van der Waals surface area contributed by atoms with Gasteiger partial charge in [-0.1, -0.05) is 12.1 Å². The van der Waals surface area contributed by atoms with Crippen molar-refractivity contribution in [1.29, 1.82) is 0 Å². The number of aliphatic imine (C=N–C) groups is 2. The second kappa shape index (κ2) is 8.75. The third-order valence-corrected chi connectivity index (χ3v) is 8.66. The summed E-state index contributed by atoms with van der Waals surface area (Å²) in [6, 6.07) is 15.9. The molecule has 35 heavy (non-hydrogen) atoms. The summed E-state index contributed by atoms with van der Waals surface area (Å²) in [4.78, 5) is 9.37. The maximum Gasteiger partial charge on any atom is 0.124 e. The van der Waals surface area contributed by atoms with Crippen LogP contribution in [0.4, 0.5) is 11.4 Å². The van der Waals surface area contributed by atoms with E-state index in [-0.39, 0.29) is 21.1 Å². The monoisotopic (exact) mass is 643 g/mol. The molecule has 0 amide bonds. The molecule has 2 saturated carbocycles. The summed E-state index contributed by atoms with van der Waals surface area (Å²) >= 11 is 0. The Labute approximate surface area is 220 Å². The Morgan fingerprint density at radius 2 is 0.971 bits per heavy atom. The molecule has 0 radical (unpaired) electrons. The molecule has 4 bridgehead atoms. The molecule has 0 aromatic heterocycles. The van der Waals surface area contributed by atoms with Crippen molar-refractivity contribution in [3.8, 4) is 11.5 Å². The molecule has 7 rings (SSSR count). The third-order valence-electron chi connectivity index (χ3n) is 8.66. The first-order chi connectivity index (χ1) is 16.6. The molecular formula is C30H28N2O2Pt. The van der Waals surface area contributed by atoms with Crippen molar-refractivity contribution in [2.75, 3.05) is 0 Å². The average Bonchev–Trinajstić information content (AvgIpc) is 3.63. The number of fused-ring (bicyclic) bond motifs is 10. The zero-order chi connectivity index (χ0) is 22.8. The van der Waals surface area contributed by atoms with Crippen LogP contribution in [0, 0.1) is 0 Å². The number of nitrogens with zero attached hydrogens (tertiary/aromatic N) is 2. The van der Waals surface area contributed by atoms with Crippen LogP contribution in [0.5, 0.6) is 11.5 Å². The van der Waals surface area contributed by atoms with Gasteiger partial charge in [0.15, 0.2) is 0 Å². The van der Waals surface area contributed by atoms with Crippen molar-refractivity contribution in [2.45, 2.75) is 62.2 Å². The smallest absolute Gasteiger partial charge is 0.124 e. The van der Waals surface area contributed by atoms with Crippen molar-refractivity contribution in [1.82, 2.24) is 0 Å². The van der Waals surface area contributed by atoms with E-state index in [9.17, 15) is 10.2 Å². The summed E-state index contributed by atoms with van der Waals surface area (Å²) in [5.74, 6) is 3.12. The van der Waals surface area contributed by atoms with Crippen LogP contribution in [0.25, 0.3) is 0 Å². The molecule has 2 N–H and O–H groups in total. The number of hydrogen-bond acceptors (Lipinski definition) is 4. The summed E-state index contributed by atoms with van der Waals surface area (Å²) in [7, 11) is 0. The minimum Gasteiger partial charge on any atom is -0.507 e. The SMILES string of the molecule is Oc1cc2c(cc1C=Nc1ccccc1N=Cc1cc3c(cc1O)C1CCC3C1)C1CCC2C1.[Pt]. The fourth-order valence-electron chi connectivity index (χ4n) is 6.95. The van der Waals surface area contributed by atoms with Gasteiger partial charge < -0.3 is 10.2 Å². The molecular weight excluding hydrogens is 615 g/mol. The molecule has 0 spiro atoms. The molecule has 4 nitrogen and oxygen atoms in total. The fraction of sp³-hybridized carbons (Fsp3) is 0.333. The summed E-state index contributed by atoms with van der Waals surface area (Å²) < 4.78 is 0. The summed E-state index contributed by atoms with van der Waals surface area (Å²) in [6.07, 6.45) is 11.0. The van der Waals surface area contributed by atoms with E-state index in [2.05, 4.69) is 22.1 Å². The predicted octanol–water partition coefficient (Wildman–Crippen LogP) is 7.33. The fourth-order valence-corrected chi connectivity index (χ4v) is 6.95. The molecule has 2 fully saturated rings. The Balaban J connectivity index is 0.00000229. The zero-order valence-corrected chi connectivity index (χ0v) is 21.7. The second-order valence-corrected chi connectivity index (χ2v) is 10.5. The minimum absolute atomic E-state index is 0. The Hall–Kier alpha value is -2.71. The van der Waals surface area contributed by atoms with Crippen LogP contribution >= 0.6 is 0 Å². The zero-order valence-electron chi connectivity index (χ0n) is 19.4. The molecule has 4 aliphatic rings. The van der Waals surface area contributed by atoms with E-state index in [4.69, 9.17) is 0 Å². The van der Waals surface area contributed by atoms with E-state index < -0.39 is 0 Å². The van der Waals surface area contributed by atoms with Crippen LogP contribution in [0.2, 0.25) is 0 Å². The van der Waals surface area contributed by atoms with Crippen LogP contribution < -0.4 is 0 Å². The van der Waals surface area contributed by atoms with E-state index in [1.54, 1.807) is 12.4 Å².